The van der Waals surface area contributed by atoms with Crippen LogP contribution < -0.4 is 11.1 Å². The third-order valence-electron chi connectivity index (χ3n) is 5.57. The van der Waals surface area contributed by atoms with Gasteiger partial charge in [0.15, 0.2) is 0 Å². The van der Waals surface area contributed by atoms with Gasteiger partial charge in [-0.3, -0.25) is 4.79 Å². The van der Waals surface area contributed by atoms with Gasteiger partial charge in [-0.25, -0.2) is 0 Å². The van der Waals surface area contributed by atoms with Gasteiger partial charge in [0.2, 0.25) is 5.91 Å². The first-order valence-electron chi connectivity index (χ1n) is 8.43. The van der Waals surface area contributed by atoms with Crippen molar-refractivity contribution in [3.63, 3.8) is 0 Å². The van der Waals surface area contributed by atoms with Gasteiger partial charge < -0.3 is 11.1 Å². The predicted octanol–water partition coefficient (Wildman–Crippen LogP) is 3.40. The lowest BCUT2D eigenvalue weighted by molar-refractivity contribution is -0.127. The van der Waals surface area contributed by atoms with Crippen LogP contribution in [-0.2, 0) is 10.2 Å². The van der Waals surface area contributed by atoms with Gasteiger partial charge in [0.1, 0.15) is 0 Å². The van der Waals surface area contributed by atoms with Crippen molar-refractivity contribution in [2.75, 3.05) is 6.54 Å². The highest BCUT2D eigenvalue weighted by atomic mass is 35.5. The summed E-state index contributed by atoms with van der Waals surface area (Å²) in [4.78, 5) is 13.1. The first-order chi connectivity index (χ1) is 10.7. The van der Waals surface area contributed by atoms with Gasteiger partial charge in [-0.05, 0) is 55.8 Å². The second-order valence-corrected chi connectivity index (χ2v) is 7.24. The van der Waals surface area contributed by atoms with Gasteiger partial charge in [-0.1, -0.05) is 43.0 Å². The van der Waals surface area contributed by atoms with E-state index < -0.39 is 0 Å². The Morgan fingerprint density at radius 2 is 1.86 bits per heavy atom. The molecule has 1 amide bonds. The number of carbonyl (C=O) groups excluding carboxylic acids is 1. The van der Waals surface area contributed by atoms with Crippen LogP contribution in [0.1, 0.15) is 50.5 Å². The molecule has 1 aromatic carbocycles. The number of rotatable bonds is 4. The van der Waals surface area contributed by atoms with E-state index in [9.17, 15) is 4.79 Å². The van der Waals surface area contributed by atoms with E-state index in [2.05, 4.69) is 5.32 Å². The molecule has 0 saturated heterocycles. The molecule has 0 aromatic heterocycles. The van der Waals surface area contributed by atoms with Crippen molar-refractivity contribution in [2.24, 2.45) is 11.7 Å². The molecule has 2 unspecified atom stereocenters. The lowest BCUT2D eigenvalue weighted by Gasteiger charge is -2.31. The fourth-order valence-electron chi connectivity index (χ4n) is 4.21. The largest absolute Gasteiger partial charge is 0.352 e. The zero-order valence-corrected chi connectivity index (χ0v) is 13.7. The number of nitrogens with one attached hydrogen (secondary N) is 1. The van der Waals surface area contributed by atoms with Crippen LogP contribution >= 0.6 is 11.6 Å². The Labute approximate surface area is 137 Å². The van der Waals surface area contributed by atoms with Crippen LogP contribution in [0.4, 0.5) is 0 Å². The van der Waals surface area contributed by atoms with Crippen LogP contribution in [0.25, 0.3) is 0 Å². The van der Waals surface area contributed by atoms with Gasteiger partial charge in [-0.2, -0.15) is 0 Å². The molecule has 3 N–H and O–H groups in total. The Morgan fingerprint density at radius 3 is 2.50 bits per heavy atom. The number of benzene rings is 1. The molecule has 3 rings (SSSR count). The molecule has 3 nitrogen and oxygen atoms in total. The zero-order chi connectivity index (χ0) is 15.6. The predicted molar refractivity (Wildman–Crippen MR) is 89.9 cm³/mol. The Hall–Kier alpha value is -1.06. The maximum atomic E-state index is 13.1. The molecule has 2 aliphatic carbocycles. The summed E-state index contributed by atoms with van der Waals surface area (Å²) in [7, 11) is 0. The summed E-state index contributed by atoms with van der Waals surface area (Å²) in [5.74, 6) is 0.630. The van der Waals surface area contributed by atoms with Crippen molar-refractivity contribution in [3.05, 3.63) is 34.9 Å². The lowest BCUT2D eigenvalue weighted by Crippen LogP contribution is -2.49. The van der Waals surface area contributed by atoms with Crippen molar-refractivity contribution in [3.8, 4) is 0 Å². The van der Waals surface area contributed by atoms with Crippen LogP contribution in [0.5, 0.6) is 0 Å². The molecule has 0 aliphatic heterocycles. The molecule has 22 heavy (non-hydrogen) atoms. The quantitative estimate of drug-likeness (QED) is 0.893. The zero-order valence-electron chi connectivity index (χ0n) is 13.0. The second-order valence-electron chi connectivity index (χ2n) is 6.80. The van der Waals surface area contributed by atoms with Crippen molar-refractivity contribution in [1.82, 2.24) is 5.32 Å². The second kappa shape index (κ2) is 6.59. The first-order valence-corrected chi connectivity index (χ1v) is 8.80. The third kappa shape index (κ3) is 2.89. The Bertz CT molecular complexity index is 522. The van der Waals surface area contributed by atoms with Crippen LogP contribution in [0, 0.1) is 5.92 Å². The average Bonchev–Trinajstić information content (AvgIpc) is 3.17. The van der Waals surface area contributed by atoms with E-state index in [4.69, 9.17) is 17.3 Å². The summed E-state index contributed by atoms with van der Waals surface area (Å²) >= 11 is 6.00. The van der Waals surface area contributed by atoms with E-state index >= 15 is 0 Å². The minimum Gasteiger partial charge on any atom is -0.352 e. The van der Waals surface area contributed by atoms with Crippen LogP contribution in [0.15, 0.2) is 24.3 Å². The van der Waals surface area contributed by atoms with Crippen molar-refractivity contribution in [2.45, 2.75) is 56.4 Å². The monoisotopic (exact) mass is 320 g/mol. The van der Waals surface area contributed by atoms with E-state index in [-0.39, 0.29) is 17.4 Å². The summed E-state index contributed by atoms with van der Waals surface area (Å²) in [5, 5.41) is 4.04. The highest BCUT2D eigenvalue weighted by Crippen LogP contribution is 2.42. The standard InChI is InChI=1S/C18H25ClN2O/c19-15-8-6-14(7-9-15)18(10-1-2-11-18)17(22)21-16-5-3-4-13(16)12-20/h6-9,13,16H,1-5,10-12,20H2,(H,21,22). The number of hydrogen-bond donors (Lipinski definition) is 2. The maximum absolute atomic E-state index is 13.1. The normalized spacial score (nSPS) is 27.0. The lowest BCUT2D eigenvalue weighted by atomic mass is 9.77. The summed E-state index contributed by atoms with van der Waals surface area (Å²) in [5.41, 5.74) is 6.59. The van der Waals surface area contributed by atoms with Gasteiger partial charge in [-0.15, -0.1) is 0 Å². The number of amides is 1. The van der Waals surface area contributed by atoms with E-state index in [1.807, 2.05) is 24.3 Å². The van der Waals surface area contributed by atoms with Crippen LogP contribution in [0.2, 0.25) is 5.02 Å². The van der Waals surface area contributed by atoms with Gasteiger partial charge in [0, 0.05) is 11.1 Å². The minimum absolute atomic E-state index is 0.192. The summed E-state index contributed by atoms with van der Waals surface area (Å²) in [6.45, 7) is 0.666. The Balaban J connectivity index is 1.81. The molecule has 0 radical (unpaired) electrons. The topological polar surface area (TPSA) is 55.1 Å². The van der Waals surface area contributed by atoms with Gasteiger partial charge in [0.25, 0.3) is 0 Å². The fourth-order valence-corrected chi connectivity index (χ4v) is 4.34. The van der Waals surface area contributed by atoms with E-state index in [0.717, 1.165) is 49.1 Å². The van der Waals surface area contributed by atoms with Crippen molar-refractivity contribution < 1.29 is 4.79 Å². The SMILES string of the molecule is NCC1CCCC1NC(=O)C1(c2ccc(Cl)cc2)CCCC1. The van der Waals surface area contributed by atoms with Gasteiger partial charge in [0.05, 0.1) is 5.41 Å². The molecule has 1 aromatic rings. The Kier molecular flexibility index (Phi) is 4.74. The van der Waals surface area contributed by atoms with Crippen LogP contribution in [-0.4, -0.2) is 18.5 Å². The molecule has 2 fully saturated rings. The Morgan fingerprint density at radius 1 is 1.18 bits per heavy atom. The molecule has 0 bridgehead atoms. The average molecular weight is 321 g/mol. The van der Waals surface area contributed by atoms with Crippen molar-refractivity contribution >= 4 is 17.5 Å². The van der Waals surface area contributed by atoms with Crippen LogP contribution in [0.3, 0.4) is 0 Å². The molecular formula is C18H25ClN2O. The number of nitrogens with two attached hydrogens (primary N) is 1. The smallest absolute Gasteiger partial charge is 0.230 e. The molecule has 0 spiro atoms. The summed E-state index contributed by atoms with van der Waals surface area (Å²) in [6, 6.07) is 8.07. The molecule has 0 heterocycles. The minimum atomic E-state index is -0.369. The fraction of sp³-hybridized carbons (Fsp3) is 0.611. The third-order valence-corrected chi connectivity index (χ3v) is 5.82. The molecule has 2 aliphatic rings. The van der Waals surface area contributed by atoms with E-state index in [1.54, 1.807) is 0 Å². The summed E-state index contributed by atoms with van der Waals surface area (Å²) < 4.78 is 0. The maximum Gasteiger partial charge on any atom is 0.230 e. The highest BCUT2D eigenvalue weighted by molar-refractivity contribution is 6.30. The van der Waals surface area contributed by atoms with Gasteiger partial charge >= 0.3 is 0 Å². The molecule has 2 saturated carbocycles. The van der Waals surface area contributed by atoms with Crippen molar-refractivity contribution in [1.29, 1.82) is 0 Å². The molecule has 4 heteroatoms. The van der Waals surface area contributed by atoms with E-state index in [0.29, 0.717) is 12.5 Å². The van der Waals surface area contributed by atoms with E-state index in [1.165, 1.54) is 6.42 Å². The molecule has 120 valence electrons. The number of carbonyl (C=O) groups is 1. The highest BCUT2D eigenvalue weighted by Gasteiger charge is 2.44. The number of hydrogen-bond acceptors (Lipinski definition) is 2. The number of halogens is 1. The molecule has 2 atom stereocenters. The first kappa shape index (κ1) is 15.8. The molecular weight excluding hydrogens is 296 g/mol. The summed E-state index contributed by atoms with van der Waals surface area (Å²) in [6.07, 6.45) is 7.45.